The molecule has 1 rings (SSSR count). The van der Waals surface area contributed by atoms with E-state index in [1.807, 2.05) is 38.7 Å². The van der Waals surface area contributed by atoms with Gasteiger partial charge in [0, 0.05) is 37.0 Å². The number of nitrogens with zero attached hydrogens (tertiary/aromatic N) is 2. The minimum absolute atomic E-state index is 0.0119. The van der Waals surface area contributed by atoms with Crippen LogP contribution in [0, 0.1) is 10.1 Å². The molecule has 0 unspecified atom stereocenters. The second-order valence-electron chi connectivity index (χ2n) is 5.47. The fourth-order valence-corrected chi connectivity index (χ4v) is 2.11. The lowest BCUT2D eigenvalue weighted by Crippen LogP contribution is -2.32. The molecule has 6 nitrogen and oxygen atoms in total. The van der Waals surface area contributed by atoms with Crippen LogP contribution < -0.4 is 9.64 Å². The number of aliphatic hydroxyl groups is 1. The van der Waals surface area contributed by atoms with Crippen molar-refractivity contribution in [1.29, 1.82) is 0 Å². The van der Waals surface area contributed by atoms with E-state index in [2.05, 4.69) is 0 Å². The minimum atomic E-state index is -0.415. The maximum atomic E-state index is 11.1. The van der Waals surface area contributed by atoms with Crippen LogP contribution in [0.5, 0.6) is 5.75 Å². The Morgan fingerprint density at radius 1 is 1.29 bits per heavy atom. The number of ether oxygens (including phenoxy) is 1. The molecular formula is C15H24N2O4. The van der Waals surface area contributed by atoms with Crippen molar-refractivity contribution in [3.63, 3.8) is 0 Å². The zero-order valence-electron chi connectivity index (χ0n) is 13.1. The molecule has 0 bridgehead atoms. The Hall–Kier alpha value is -1.82. The van der Waals surface area contributed by atoms with Crippen molar-refractivity contribution in [2.75, 3.05) is 18.1 Å². The Morgan fingerprint density at radius 2 is 1.95 bits per heavy atom. The molecule has 118 valence electrons. The van der Waals surface area contributed by atoms with Crippen LogP contribution in [0.15, 0.2) is 18.2 Å². The Labute approximate surface area is 125 Å². The van der Waals surface area contributed by atoms with Crippen molar-refractivity contribution in [1.82, 2.24) is 0 Å². The quantitative estimate of drug-likeness (QED) is 0.589. The average Bonchev–Trinajstić information content (AvgIpc) is 2.37. The molecule has 0 aliphatic rings. The van der Waals surface area contributed by atoms with E-state index < -0.39 is 4.92 Å². The Bertz CT molecular complexity index is 475. The summed E-state index contributed by atoms with van der Waals surface area (Å²) in [5.41, 5.74) is 0.751. The summed E-state index contributed by atoms with van der Waals surface area (Å²) in [5, 5.41) is 20.1. The molecule has 0 saturated carbocycles. The van der Waals surface area contributed by atoms with E-state index in [0.29, 0.717) is 18.7 Å². The third-order valence-electron chi connectivity index (χ3n) is 2.97. The topological polar surface area (TPSA) is 75.8 Å². The lowest BCUT2D eigenvalue weighted by Gasteiger charge is -2.29. The van der Waals surface area contributed by atoms with Gasteiger partial charge >= 0.3 is 0 Å². The first-order valence-corrected chi connectivity index (χ1v) is 7.18. The molecule has 1 aromatic rings. The van der Waals surface area contributed by atoms with Gasteiger partial charge in [0.25, 0.3) is 5.69 Å². The van der Waals surface area contributed by atoms with E-state index in [1.165, 1.54) is 6.07 Å². The van der Waals surface area contributed by atoms with Gasteiger partial charge in [-0.2, -0.15) is 0 Å². The van der Waals surface area contributed by atoms with Crippen LogP contribution >= 0.6 is 0 Å². The van der Waals surface area contributed by atoms with Gasteiger partial charge in [-0.25, -0.2) is 0 Å². The van der Waals surface area contributed by atoms with Gasteiger partial charge in [0.1, 0.15) is 5.75 Å². The van der Waals surface area contributed by atoms with E-state index in [1.54, 1.807) is 6.07 Å². The zero-order valence-corrected chi connectivity index (χ0v) is 13.1. The number of hydrogen-bond donors (Lipinski definition) is 1. The molecule has 0 amide bonds. The molecular weight excluding hydrogens is 272 g/mol. The second-order valence-corrected chi connectivity index (χ2v) is 5.47. The first-order chi connectivity index (χ1) is 9.85. The number of nitro groups is 1. The smallest absolute Gasteiger partial charge is 0.275 e. The van der Waals surface area contributed by atoms with Gasteiger partial charge in [-0.1, -0.05) is 0 Å². The molecule has 0 atom stereocenters. The summed E-state index contributed by atoms with van der Waals surface area (Å²) in [4.78, 5) is 12.7. The number of benzene rings is 1. The van der Waals surface area contributed by atoms with Gasteiger partial charge in [-0.3, -0.25) is 10.1 Å². The van der Waals surface area contributed by atoms with Gasteiger partial charge in [-0.15, -0.1) is 0 Å². The Balaban J connectivity index is 3.17. The highest BCUT2D eigenvalue weighted by atomic mass is 16.6. The van der Waals surface area contributed by atoms with Crippen LogP contribution in [0.3, 0.4) is 0 Å². The molecule has 1 aromatic carbocycles. The Kier molecular flexibility index (Phi) is 6.42. The summed E-state index contributed by atoms with van der Waals surface area (Å²) in [6, 6.07) is 4.97. The molecule has 0 aromatic heterocycles. The summed E-state index contributed by atoms with van der Waals surface area (Å²) in [7, 11) is 0. The van der Waals surface area contributed by atoms with E-state index in [4.69, 9.17) is 9.84 Å². The van der Waals surface area contributed by atoms with E-state index >= 15 is 0 Å². The zero-order chi connectivity index (χ0) is 16.0. The van der Waals surface area contributed by atoms with E-state index in [-0.39, 0.29) is 24.4 Å². The fourth-order valence-electron chi connectivity index (χ4n) is 2.11. The number of non-ortho nitro benzene ring substituents is 1. The summed E-state index contributed by atoms with van der Waals surface area (Å²) in [5.74, 6) is 0.490. The number of hydrogen-bond acceptors (Lipinski definition) is 5. The molecule has 0 saturated heterocycles. The Morgan fingerprint density at radius 3 is 2.43 bits per heavy atom. The molecule has 0 aliphatic heterocycles. The van der Waals surface area contributed by atoms with Crippen LogP contribution in [0.4, 0.5) is 11.4 Å². The van der Waals surface area contributed by atoms with Gasteiger partial charge in [-0.05, 0) is 34.1 Å². The number of nitro benzene ring substituents is 1. The van der Waals surface area contributed by atoms with Crippen LogP contribution in [-0.4, -0.2) is 35.3 Å². The third kappa shape index (κ3) is 5.23. The molecule has 6 heteroatoms. The molecule has 0 heterocycles. The molecule has 0 aliphatic carbocycles. The molecule has 21 heavy (non-hydrogen) atoms. The fraction of sp³-hybridized carbons (Fsp3) is 0.600. The van der Waals surface area contributed by atoms with Crippen LogP contribution in [-0.2, 0) is 0 Å². The number of rotatable bonds is 8. The van der Waals surface area contributed by atoms with E-state index in [0.717, 1.165) is 5.69 Å². The maximum absolute atomic E-state index is 11.1. The molecule has 0 spiro atoms. The highest BCUT2D eigenvalue weighted by molar-refractivity contribution is 5.58. The highest BCUT2D eigenvalue weighted by Crippen LogP contribution is 2.30. The molecule has 0 fully saturated rings. The first-order valence-electron chi connectivity index (χ1n) is 7.18. The van der Waals surface area contributed by atoms with Gasteiger partial charge in [0.15, 0.2) is 0 Å². The lowest BCUT2D eigenvalue weighted by molar-refractivity contribution is -0.384. The van der Waals surface area contributed by atoms with Crippen LogP contribution in [0.25, 0.3) is 0 Å². The van der Waals surface area contributed by atoms with Gasteiger partial charge in [0.05, 0.1) is 17.1 Å². The monoisotopic (exact) mass is 296 g/mol. The lowest BCUT2D eigenvalue weighted by atomic mass is 10.2. The summed E-state index contributed by atoms with van der Waals surface area (Å²) < 4.78 is 5.60. The summed E-state index contributed by atoms with van der Waals surface area (Å²) >= 11 is 0. The minimum Gasteiger partial charge on any atom is -0.491 e. The maximum Gasteiger partial charge on any atom is 0.275 e. The third-order valence-corrected chi connectivity index (χ3v) is 2.97. The second kappa shape index (κ2) is 7.83. The van der Waals surface area contributed by atoms with Crippen molar-refractivity contribution in [2.45, 2.75) is 46.3 Å². The predicted molar refractivity (Wildman–Crippen MR) is 83.0 cm³/mol. The summed E-state index contributed by atoms with van der Waals surface area (Å²) in [6.07, 6.45) is 0.561. The largest absolute Gasteiger partial charge is 0.491 e. The van der Waals surface area contributed by atoms with Gasteiger partial charge in [0.2, 0.25) is 0 Å². The van der Waals surface area contributed by atoms with Crippen molar-refractivity contribution in [3.05, 3.63) is 28.3 Å². The van der Waals surface area contributed by atoms with Gasteiger partial charge < -0.3 is 14.7 Å². The highest BCUT2D eigenvalue weighted by Gasteiger charge is 2.17. The molecule has 1 N–H and O–H groups in total. The summed E-state index contributed by atoms with van der Waals surface area (Å²) in [6.45, 7) is 8.51. The number of aliphatic hydroxyl groups excluding tert-OH is 1. The van der Waals surface area contributed by atoms with Crippen LogP contribution in [0.1, 0.15) is 34.1 Å². The van der Waals surface area contributed by atoms with Crippen molar-refractivity contribution < 1.29 is 14.8 Å². The normalized spacial score (nSPS) is 11.0. The standard InChI is InChI=1S/C15H24N2O4/c1-11(2)16(6-5-7-18)13-8-14(17(19)20)10-15(9-13)21-12(3)4/h8-12,18H,5-7H2,1-4H3. The first kappa shape index (κ1) is 17.2. The SMILES string of the molecule is CC(C)Oc1cc(N(CCCO)C(C)C)cc([N+](=O)[O-])c1. The molecule has 0 radical (unpaired) electrons. The predicted octanol–water partition coefficient (Wildman–Crippen LogP) is 2.98. The van der Waals surface area contributed by atoms with Crippen molar-refractivity contribution >= 4 is 11.4 Å². The van der Waals surface area contributed by atoms with E-state index in [9.17, 15) is 10.1 Å². The van der Waals surface area contributed by atoms with Crippen molar-refractivity contribution in [2.24, 2.45) is 0 Å². The average molecular weight is 296 g/mol. The number of anilines is 1. The van der Waals surface area contributed by atoms with Crippen molar-refractivity contribution in [3.8, 4) is 5.75 Å². The van der Waals surface area contributed by atoms with Crippen LogP contribution in [0.2, 0.25) is 0 Å².